The molecule has 1 atom stereocenters. The SMILES string of the molecule is Cn1ccnc1CN1CCC[C@H]1CCc1ccncc1. The first-order chi connectivity index (χ1) is 9.83. The van der Waals surface area contributed by atoms with E-state index in [1.54, 1.807) is 0 Å². The van der Waals surface area contributed by atoms with Crippen LogP contribution in [0.25, 0.3) is 0 Å². The van der Waals surface area contributed by atoms with Crippen LogP contribution in [0.2, 0.25) is 0 Å². The lowest BCUT2D eigenvalue weighted by atomic mass is 10.0. The fourth-order valence-corrected chi connectivity index (χ4v) is 3.04. The maximum atomic E-state index is 4.45. The molecule has 2 aromatic rings. The van der Waals surface area contributed by atoms with Gasteiger partial charge in [-0.05, 0) is 49.9 Å². The fourth-order valence-electron chi connectivity index (χ4n) is 3.04. The number of pyridine rings is 1. The molecule has 3 heterocycles. The van der Waals surface area contributed by atoms with Crippen LogP contribution in [0.3, 0.4) is 0 Å². The Morgan fingerprint density at radius 3 is 2.85 bits per heavy atom. The largest absolute Gasteiger partial charge is 0.337 e. The lowest BCUT2D eigenvalue weighted by molar-refractivity contribution is 0.227. The van der Waals surface area contributed by atoms with Crippen LogP contribution in [0.1, 0.15) is 30.7 Å². The first-order valence-electron chi connectivity index (χ1n) is 7.42. The van der Waals surface area contributed by atoms with E-state index in [1.807, 2.05) is 24.8 Å². The van der Waals surface area contributed by atoms with Crippen LogP contribution in [-0.4, -0.2) is 32.0 Å². The zero-order valence-electron chi connectivity index (χ0n) is 12.1. The van der Waals surface area contributed by atoms with Gasteiger partial charge >= 0.3 is 0 Å². The normalized spacial score (nSPS) is 19.6. The van der Waals surface area contributed by atoms with Crippen molar-refractivity contribution in [1.29, 1.82) is 0 Å². The highest BCUT2D eigenvalue weighted by Crippen LogP contribution is 2.23. The van der Waals surface area contributed by atoms with Crippen molar-refractivity contribution in [3.63, 3.8) is 0 Å². The molecule has 0 unspecified atom stereocenters. The molecule has 0 N–H and O–H groups in total. The van der Waals surface area contributed by atoms with E-state index in [0.717, 1.165) is 13.0 Å². The summed E-state index contributed by atoms with van der Waals surface area (Å²) < 4.78 is 2.12. The van der Waals surface area contributed by atoms with Gasteiger partial charge in [0, 0.05) is 37.9 Å². The summed E-state index contributed by atoms with van der Waals surface area (Å²) in [4.78, 5) is 11.1. The fraction of sp³-hybridized carbons (Fsp3) is 0.500. The van der Waals surface area contributed by atoms with E-state index in [4.69, 9.17) is 0 Å². The Hall–Kier alpha value is -1.68. The Morgan fingerprint density at radius 1 is 1.25 bits per heavy atom. The Balaban J connectivity index is 1.57. The van der Waals surface area contributed by atoms with Crippen LogP contribution >= 0.6 is 0 Å². The molecule has 0 radical (unpaired) electrons. The first kappa shape index (κ1) is 13.3. The lowest BCUT2D eigenvalue weighted by Gasteiger charge is -2.24. The van der Waals surface area contributed by atoms with Gasteiger partial charge < -0.3 is 4.57 Å². The molecule has 3 rings (SSSR count). The Kier molecular flexibility index (Phi) is 4.11. The summed E-state index contributed by atoms with van der Waals surface area (Å²) in [5, 5.41) is 0. The molecule has 1 aliphatic rings. The van der Waals surface area contributed by atoms with Crippen molar-refractivity contribution in [3.8, 4) is 0 Å². The van der Waals surface area contributed by atoms with Crippen molar-refractivity contribution in [2.24, 2.45) is 7.05 Å². The number of aromatic nitrogens is 3. The number of imidazole rings is 1. The summed E-state index contributed by atoms with van der Waals surface area (Å²) in [5.74, 6) is 1.17. The molecule has 1 aliphatic heterocycles. The third-order valence-corrected chi connectivity index (χ3v) is 4.28. The van der Waals surface area contributed by atoms with Crippen molar-refractivity contribution in [2.75, 3.05) is 6.54 Å². The van der Waals surface area contributed by atoms with Crippen LogP contribution in [0, 0.1) is 0 Å². The van der Waals surface area contributed by atoms with Gasteiger partial charge in [0.1, 0.15) is 5.82 Å². The summed E-state index contributed by atoms with van der Waals surface area (Å²) in [7, 11) is 2.07. The monoisotopic (exact) mass is 270 g/mol. The molecule has 0 saturated carbocycles. The molecule has 0 spiro atoms. The summed E-state index contributed by atoms with van der Waals surface area (Å²) in [6.07, 6.45) is 12.7. The van der Waals surface area contributed by atoms with Gasteiger partial charge in [0.15, 0.2) is 0 Å². The smallest absolute Gasteiger partial charge is 0.122 e. The number of hydrogen-bond acceptors (Lipinski definition) is 3. The average Bonchev–Trinajstić information content (AvgIpc) is 3.08. The number of rotatable bonds is 5. The predicted molar refractivity (Wildman–Crippen MR) is 79.2 cm³/mol. The number of likely N-dealkylation sites (tertiary alicyclic amines) is 1. The van der Waals surface area contributed by atoms with Crippen LogP contribution in [0.5, 0.6) is 0 Å². The molecular formula is C16H22N4. The van der Waals surface area contributed by atoms with Crippen molar-refractivity contribution in [1.82, 2.24) is 19.4 Å². The van der Waals surface area contributed by atoms with E-state index in [0.29, 0.717) is 6.04 Å². The maximum absolute atomic E-state index is 4.45. The molecule has 0 bridgehead atoms. The second kappa shape index (κ2) is 6.18. The van der Waals surface area contributed by atoms with Crippen molar-refractivity contribution < 1.29 is 0 Å². The number of hydrogen-bond donors (Lipinski definition) is 0. The van der Waals surface area contributed by atoms with E-state index in [1.165, 1.54) is 37.2 Å². The van der Waals surface area contributed by atoms with Crippen molar-refractivity contribution >= 4 is 0 Å². The molecule has 106 valence electrons. The minimum atomic E-state index is 0.694. The Bertz CT molecular complexity index is 534. The first-order valence-corrected chi connectivity index (χ1v) is 7.42. The van der Waals surface area contributed by atoms with Gasteiger partial charge in [-0.25, -0.2) is 4.98 Å². The molecule has 1 fully saturated rings. The summed E-state index contributed by atoms with van der Waals surface area (Å²) in [6, 6.07) is 4.94. The molecule has 0 aliphatic carbocycles. The summed E-state index contributed by atoms with van der Waals surface area (Å²) in [5.41, 5.74) is 1.39. The highest BCUT2D eigenvalue weighted by molar-refractivity contribution is 5.10. The minimum absolute atomic E-state index is 0.694. The molecule has 1 saturated heterocycles. The van der Waals surface area contributed by atoms with Crippen molar-refractivity contribution in [3.05, 3.63) is 48.3 Å². The van der Waals surface area contributed by atoms with Crippen LogP contribution in [-0.2, 0) is 20.0 Å². The molecular weight excluding hydrogens is 248 g/mol. The van der Waals surface area contributed by atoms with Crippen molar-refractivity contribution in [2.45, 2.75) is 38.3 Å². The van der Waals surface area contributed by atoms with E-state index in [-0.39, 0.29) is 0 Å². The molecule has 20 heavy (non-hydrogen) atoms. The van der Waals surface area contributed by atoms with E-state index < -0.39 is 0 Å². The molecule has 4 heteroatoms. The Morgan fingerprint density at radius 2 is 2.10 bits per heavy atom. The maximum Gasteiger partial charge on any atom is 0.122 e. The highest BCUT2D eigenvalue weighted by atomic mass is 15.2. The molecule has 0 aromatic carbocycles. The van der Waals surface area contributed by atoms with Gasteiger partial charge in [-0.1, -0.05) is 0 Å². The standard InChI is InChI=1S/C16H22N4/c1-19-12-10-18-16(19)13-20-11-2-3-15(20)5-4-14-6-8-17-9-7-14/h6-10,12,15H,2-5,11,13H2,1H3/t15-/m0/s1. The minimum Gasteiger partial charge on any atom is -0.337 e. The summed E-state index contributed by atoms with van der Waals surface area (Å²) >= 11 is 0. The highest BCUT2D eigenvalue weighted by Gasteiger charge is 2.25. The molecule has 4 nitrogen and oxygen atoms in total. The Labute approximate surface area is 120 Å². The molecule has 2 aromatic heterocycles. The second-order valence-corrected chi connectivity index (χ2v) is 5.62. The third-order valence-electron chi connectivity index (χ3n) is 4.28. The van der Waals surface area contributed by atoms with E-state index in [2.05, 4.69) is 38.6 Å². The average molecular weight is 270 g/mol. The molecule has 0 amide bonds. The van der Waals surface area contributed by atoms with Gasteiger partial charge in [0.05, 0.1) is 6.54 Å². The van der Waals surface area contributed by atoms with Gasteiger partial charge in [0.25, 0.3) is 0 Å². The third kappa shape index (κ3) is 3.07. The van der Waals surface area contributed by atoms with Gasteiger partial charge in [-0.2, -0.15) is 0 Å². The predicted octanol–water partition coefficient (Wildman–Crippen LogP) is 2.41. The topological polar surface area (TPSA) is 34.0 Å². The van der Waals surface area contributed by atoms with Gasteiger partial charge in [-0.15, -0.1) is 0 Å². The number of nitrogens with zero attached hydrogens (tertiary/aromatic N) is 4. The van der Waals surface area contributed by atoms with E-state index >= 15 is 0 Å². The summed E-state index contributed by atoms with van der Waals surface area (Å²) in [6.45, 7) is 2.18. The van der Waals surface area contributed by atoms with Crippen LogP contribution in [0.15, 0.2) is 36.9 Å². The van der Waals surface area contributed by atoms with E-state index in [9.17, 15) is 0 Å². The van der Waals surface area contributed by atoms with Gasteiger partial charge in [-0.3, -0.25) is 9.88 Å². The van der Waals surface area contributed by atoms with Crippen LogP contribution in [0.4, 0.5) is 0 Å². The quantitative estimate of drug-likeness (QED) is 0.836. The van der Waals surface area contributed by atoms with Gasteiger partial charge in [0.2, 0.25) is 0 Å². The number of aryl methyl sites for hydroxylation is 2. The van der Waals surface area contributed by atoms with Crippen LogP contribution < -0.4 is 0 Å². The second-order valence-electron chi connectivity index (χ2n) is 5.62. The zero-order valence-corrected chi connectivity index (χ0v) is 12.1. The zero-order chi connectivity index (χ0) is 13.8. The lowest BCUT2D eigenvalue weighted by Crippen LogP contribution is -2.30.